The zero-order valence-corrected chi connectivity index (χ0v) is 12.4. The summed E-state index contributed by atoms with van der Waals surface area (Å²) in [5.74, 6) is -0.734. The smallest absolute Gasteiger partial charge is 0.261 e. The highest BCUT2D eigenvalue weighted by Crippen LogP contribution is 2.25. The summed E-state index contributed by atoms with van der Waals surface area (Å²) in [6.45, 7) is 0.0248. The van der Waals surface area contributed by atoms with Gasteiger partial charge in [-0.3, -0.25) is 14.5 Å². The lowest BCUT2D eigenvalue weighted by molar-refractivity contribution is 0.0640. The third-order valence-electron chi connectivity index (χ3n) is 3.84. The van der Waals surface area contributed by atoms with Crippen molar-refractivity contribution in [3.8, 4) is 11.5 Å². The molecule has 0 fully saturated rings. The molecule has 0 N–H and O–H groups in total. The number of hydrogen-bond acceptors (Lipinski definition) is 4. The first-order valence-electron chi connectivity index (χ1n) is 7.29. The van der Waals surface area contributed by atoms with E-state index in [4.69, 9.17) is 4.42 Å². The van der Waals surface area contributed by atoms with Crippen molar-refractivity contribution < 1.29 is 18.4 Å². The van der Waals surface area contributed by atoms with Crippen LogP contribution in [0.25, 0.3) is 11.5 Å². The normalized spacial score (nSPS) is 13.5. The van der Waals surface area contributed by atoms with Crippen molar-refractivity contribution >= 4 is 11.8 Å². The van der Waals surface area contributed by atoms with Gasteiger partial charge in [-0.15, -0.1) is 0 Å². The molecular formula is C18H11FN2O3. The first kappa shape index (κ1) is 14.3. The number of carbonyl (C=O) groups is 2. The summed E-state index contributed by atoms with van der Waals surface area (Å²) < 4.78 is 18.3. The molecule has 0 spiro atoms. The number of aromatic nitrogens is 1. The number of nitrogens with zero attached hydrogens (tertiary/aromatic N) is 2. The second-order valence-electron chi connectivity index (χ2n) is 5.39. The fourth-order valence-electron chi connectivity index (χ4n) is 2.65. The predicted molar refractivity (Wildman–Crippen MR) is 82.5 cm³/mol. The highest BCUT2D eigenvalue weighted by atomic mass is 19.1. The fraction of sp³-hybridized carbons (Fsp3) is 0.0556. The Bertz CT molecular complexity index is 912. The van der Waals surface area contributed by atoms with Crippen LogP contribution in [0, 0.1) is 5.82 Å². The standard InChI is InChI=1S/C18H11FN2O3/c19-12-7-5-11(6-8-12)16-20-13(10-24-16)9-21-17(22)14-3-1-2-4-15(14)18(21)23/h1-8,10H,9H2. The summed E-state index contributed by atoms with van der Waals surface area (Å²) in [6, 6.07) is 12.4. The summed E-state index contributed by atoms with van der Waals surface area (Å²) in [5, 5.41) is 0. The second kappa shape index (κ2) is 5.42. The van der Waals surface area contributed by atoms with Crippen LogP contribution >= 0.6 is 0 Å². The van der Waals surface area contributed by atoms with E-state index in [1.165, 1.54) is 18.4 Å². The summed E-state index contributed by atoms with van der Waals surface area (Å²) in [5.41, 5.74) is 1.85. The number of rotatable bonds is 3. The van der Waals surface area contributed by atoms with Gasteiger partial charge in [0.1, 0.15) is 12.1 Å². The molecule has 3 aromatic rings. The number of hydrogen-bond donors (Lipinski definition) is 0. The van der Waals surface area contributed by atoms with Crippen LogP contribution in [0.5, 0.6) is 0 Å². The summed E-state index contributed by atoms with van der Waals surface area (Å²) in [6.07, 6.45) is 1.39. The van der Waals surface area contributed by atoms with Gasteiger partial charge >= 0.3 is 0 Å². The molecule has 5 nitrogen and oxygen atoms in total. The van der Waals surface area contributed by atoms with Crippen LogP contribution in [0.15, 0.2) is 59.2 Å². The molecule has 2 amide bonds. The topological polar surface area (TPSA) is 63.4 Å². The van der Waals surface area contributed by atoms with Crippen LogP contribution in [0.4, 0.5) is 4.39 Å². The number of amides is 2. The van der Waals surface area contributed by atoms with Gasteiger partial charge in [-0.2, -0.15) is 0 Å². The Kier molecular flexibility index (Phi) is 3.23. The lowest BCUT2D eigenvalue weighted by Gasteiger charge is -2.11. The fourth-order valence-corrected chi connectivity index (χ4v) is 2.65. The van der Waals surface area contributed by atoms with E-state index in [2.05, 4.69) is 4.98 Å². The molecule has 118 valence electrons. The molecule has 0 aliphatic carbocycles. The van der Waals surface area contributed by atoms with Gasteiger partial charge in [0, 0.05) is 5.56 Å². The van der Waals surface area contributed by atoms with Gasteiger partial charge in [0.25, 0.3) is 11.8 Å². The number of oxazole rings is 1. The quantitative estimate of drug-likeness (QED) is 0.694. The minimum Gasteiger partial charge on any atom is -0.444 e. The second-order valence-corrected chi connectivity index (χ2v) is 5.39. The van der Waals surface area contributed by atoms with Gasteiger partial charge < -0.3 is 4.42 Å². The molecule has 0 saturated heterocycles. The van der Waals surface area contributed by atoms with E-state index in [1.807, 2.05) is 0 Å². The van der Waals surface area contributed by atoms with E-state index in [1.54, 1.807) is 36.4 Å². The van der Waals surface area contributed by atoms with Crippen LogP contribution < -0.4 is 0 Å². The Hall–Kier alpha value is -3.28. The van der Waals surface area contributed by atoms with E-state index >= 15 is 0 Å². The molecule has 1 aliphatic rings. The van der Waals surface area contributed by atoms with E-state index in [0.29, 0.717) is 28.3 Å². The van der Waals surface area contributed by atoms with Crippen LogP contribution in [0.3, 0.4) is 0 Å². The van der Waals surface area contributed by atoms with Gasteiger partial charge in [-0.05, 0) is 36.4 Å². The molecule has 0 saturated carbocycles. The van der Waals surface area contributed by atoms with E-state index in [9.17, 15) is 14.0 Å². The molecule has 0 bridgehead atoms. The maximum atomic E-state index is 13.0. The molecular weight excluding hydrogens is 311 g/mol. The molecule has 4 rings (SSSR count). The van der Waals surface area contributed by atoms with Crippen LogP contribution in [-0.2, 0) is 6.54 Å². The van der Waals surface area contributed by atoms with E-state index in [-0.39, 0.29) is 24.2 Å². The Morgan fingerprint density at radius 1 is 0.958 bits per heavy atom. The summed E-state index contributed by atoms with van der Waals surface area (Å²) in [4.78, 5) is 30.1. The monoisotopic (exact) mass is 322 g/mol. The van der Waals surface area contributed by atoms with Crippen molar-refractivity contribution in [3.05, 3.63) is 77.4 Å². The maximum Gasteiger partial charge on any atom is 0.261 e. The first-order chi connectivity index (χ1) is 11.6. The Morgan fingerprint density at radius 3 is 2.21 bits per heavy atom. The SMILES string of the molecule is O=C1c2ccccc2C(=O)N1Cc1coc(-c2ccc(F)cc2)n1. The summed E-state index contributed by atoms with van der Waals surface area (Å²) in [7, 11) is 0. The molecule has 6 heteroatoms. The largest absolute Gasteiger partial charge is 0.444 e. The number of halogens is 1. The number of imide groups is 1. The average Bonchev–Trinajstić information content (AvgIpc) is 3.16. The lowest BCUT2D eigenvalue weighted by atomic mass is 10.1. The number of fused-ring (bicyclic) bond motifs is 1. The van der Waals surface area contributed by atoms with Gasteiger partial charge in [-0.25, -0.2) is 9.37 Å². The van der Waals surface area contributed by atoms with Gasteiger partial charge in [0.2, 0.25) is 5.89 Å². The molecule has 1 aliphatic heterocycles. The zero-order valence-electron chi connectivity index (χ0n) is 12.4. The Morgan fingerprint density at radius 2 is 1.58 bits per heavy atom. The number of benzene rings is 2. The van der Waals surface area contributed by atoms with Gasteiger partial charge in [0.15, 0.2) is 0 Å². The van der Waals surface area contributed by atoms with Crippen LogP contribution in [0.2, 0.25) is 0 Å². The van der Waals surface area contributed by atoms with Gasteiger partial charge in [-0.1, -0.05) is 12.1 Å². The molecule has 2 aromatic carbocycles. The molecule has 2 heterocycles. The molecule has 24 heavy (non-hydrogen) atoms. The average molecular weight is 322 g/mol. The van der Waals surface area contributed by atoms with E-state index < -0.39 is 0 Å². The summed E-state index contributed by atoms with van der Waals surface area (Å²) >= 11 is 0. The molecule has 1 aromatic heterocycles. The van der Waals surface area contributed by atoms with Crippen molar-refractivity contribution in [1.82, 2.24) is 9.88 Å². The number of carbonyl (C=O) groups excluding carboxylic acids is 2. The molecule has 0 radical (unpaired) electrons. The Labute approximate surface area is 136 Å². The highest BCUT2D eigenvalue weighted by Gasteiger charge is 2.35. The van der Waals surface area contributed by atoms with Crippen molar-refractivity contribution in [2.24, 2.45) is 0 Å². The zero-order chi connectivity index (χ0) is 16.7. The Balaban J connectivity index is 1.58. The minimum atomic E-state index is -0.350. The molecule has 0 atom stereocenters. The third-order valence-corrected chi connectivity index (χ3v) is 3.84. The van der Waals surface area contributed by atoms with Crippen LogP contribution in [-0.4, -0.2) is 21.7 Å². The first-order valence-corrected chi connectivity index (χ1v) is 7.29. The lowest BCUT2D eigenvalue weighted by Crippen LogP contribution is -2.29. The molecule has 0 unspecified atom stereocenters. The van der Waals surface area contributed by atoms with Crippen LogP contribution in [0.1, 0.15) is 26.4 Å². The third kappa shape index (κ3) is 2.28. The van der Waals surface area contributed by atoms with Crippen molar-refractivity contribution in [2.45, 2.75) is 6.54 Å². The minimum absolute atomic E-state index is 0.0248. The van der Waals surface area contributed by atoms with Crippen molar-refractivity contribution in [2.75, 3.05) is 0 Å². The predicted octanol–water partition coefficient (Wildman–Crippen LogP) is 3.28. The van der Waals surface area contributed by atoms with Crippen molar-refractivity contribution in [1.29, 1.82) is 0 Å². The van der Waals surface area contributed by atoms with Gasteiger partial charge in [0.05, 0.1) is 23.4 Å². The van der Waals surface area contributed by atoms with E-state index in [0.717, 1.165) is 4.90 Å². The highest BCUT2D eigenvalue weighted by molar-refractivity contribution is 6.21. The van der Waals surface area contributed by atoms with Crippen molar-refractivity contribution in [3.63, 3.8) is 0 Å². The maximum absolute atomic E-state index is 13.0.